The minimum atomic E-state index is -4.52. The van der Waals surface area contributed by atoms with Crippen LogP contribution >= 0.6 is 0 Å². The van der Waals surface area contributed by atoms with E-state index in [0.29, 0.717) is 23.4 Å². The highest BCUT2D eigenvalue weighted by atomic mass is 19.4. The molecule has 0 heterocycles. The van der Waals surface area contributed by atoms with E-state index in [0.717, 1.165) is 17.2 Å². The average Bonchev–Trinajstić information content (AvgIpc) is 2.84. The van der Waals surface area contributed by atoms with Gasteiger partial charge in [-0.1, -0.05) is 71.9 Å². The number of carboxylic acid groups (broad SMARTS) is 1. The Morgan fingerprint density at radius 3 is 2.31 bits per heavy atom. The maximum atomic E-state index is 13.7. The molecule has 0 amide bonds. The number of halogens is 4. The number of aliphatic carboxylic acids is 1. The maximum Gasteiger partial charge on any atom is 0.417 e. The first kappa shape index (κ1) is 25.9. The van der Waals surface area contributed by atoms with Crippen molar-refractivity contribution in [1.82, 2.24) is 5.32 Å². The molecule has 0 saturated carbocycles. The number of nitrogens with one attached hydrogen (secondary N) is 1. The summed E-state index contributed by atoms with van der Waals surface area (Å²) in [5, 5.41) is 15.3. The molecule has 0 aromatic heterocycles. The van der Waals surface area contributed by atoms with Crippen molar-refractivity contribution in [2.75, 3.05) is 6.54 Å². The molecule has 0 radical (unpaired) electrons. The Bertz CT molecular complexity index is 1160. The molecule has 9 heteroatoms. The van der Waals surface area contributed by atoms with Crippen LogP contribution < -0.4 is 5.32 Å². The van der Waals surface area contributed by atoms with Gasteiger partial charge >= 0.3 is 12.1 Å². The van der Waals surface area contributed by atoms with Gasteiger partial charge in [0.15, 0.2) is 0 Å². The summed E-state index contributed by atoms with van der Waals surface area (Å²) >= 11 is 0. The van der Waals surface area contributed by atoms with Crippen LogP contribution in [0.1, 0.15) is 29.2 Å². The lowest BCUT2D eigenvalue weighted by Crippen LogP contribution is -2.29. The lowest BCUT2D eigenvalue weighted by molar-refractivity contribution is -0.142. The highest BCUT2D eigenvalue weighted by molar-refractivity contribution is 5.98. The van der Waals surface area contributed by atoms with Gasteiger partial charge in [-0.15, -0.1) is 0 Å². The molecule has 3 aromatic rings. The summed E-state index contributed by atoms with van der Waals surface area (Å²) in [6.45, 7) is 1.56. The predicted octanol–water partition coefficient (Wildman–Crippen LogP) is 5.83. The van der Waals surface area contributed by atoms with Crippen molar-refractivity contribution < 1.29 is 32.3 Å². The molecule has 0 aliphatic carbocycles. The molecule has 35 heavy (non-hydrogen) atoms. The summed E-state index contributed by atoms with van der Waals surface area (Å²) in [5.74, 6) is -1.51. The van der Waals surface area contributed by atoms with Crippen LogP contribution in [0.2, 0.25) is 0 Å². The monoisotopic (exact) mass is 488 g/mol. The number of rotatable bonds is 10. The first-order chi connectivity index (χ1) is 16.6. The van der Waals surface area contributed by atoms with Gasteiger partial charge in [-0.05, 0) is 40.8 Å². The minimum absolute atomic E-state index is 0.0982. The van der Waals surface area contributed by atoms with Crippen molar-refractivity contribution in [1.29, 1.82) is 0 Å². The van der Waals surface area contributed by atoms with Crippen molar-refractivity contribution >= 4 is 11.7 Å². The molecular formula is C26H24F4N2O3. The Kier molecular flexibility index (Phi) is 8.59. The zero-order valence-electron chi connectivity index (χ0n) is 18.8. The second kappa shape index (κ2) is 11.6. The summed E-state index contributed by atoms with van der Waals surface area (Å²) in [6.07, 6.45) is -6.49. The van der Waals surface area contributed by atoms with Gasteiger partial charge in [0.1, 0.15) is 6.61 Å². The molecule has 1 unspecified atom stereocenters. The average molecular weight is 488 g/mol. The summed E-state index contributed by atoms with van der Waals surface area (Å²) in [7, 11) is 0. The van der Waals surface area contributed by atoms with Crippen LogP contribution in [0.4, 0.5) is 17.6 Å². The largest absolute Gasteiger partial charge is 0.479 e. The molecule has 0 saturated heterocycles. The minimum Gasteiger partial charge on any atom is -0.479 e. The zero-order valence-corrected chi connectivity index (χ0v) is 18.8. The fourth-order valence-corrected chi connectivity index (χ4v) is 3.34. The van der Waals surface area contributed by atoms with Crippen LogP contribution in [-0.2, 0) is 29.0 Å². The van der Waals surface area contributed by atoms with Crippen molar-refractivity contribution in [2.24, 2.45) is 5.16 Å². The first-order valence-electron chi connectivity index (χ1n) is 10.7. The quantitative estimate of drug-likeness (QED) is 0.214. The Morgan fingerprint density at radius 2 is 1.69 bits per heavy atom. The molecule has 0 aliphatic heterocycles. The van der Waals surface area contributed by atoms with Crippen molar-refractivity contribution in [3.63, 3.8) is 0 Å². The number of carbonyl (C=O) groups is 1. The lowest BCUT2D eigenvalue weighted by Gasteiger charge is -2.14. The van der Waals surface area contributed by atoms with Gasteiger partial charge in [0.25, 0.3) is 0 Å². The van der Waals surface area contributed by atoms with E-state index in [1.165, 1.54) is 6.07 Å². The molecule has 0 spiro atoms. The molecule has 2 N–H and O–H groups in total. The number of nitrogens with zero attached hydrogens (tertiary/aromatic N) is 1. The Labute approximate surface area is 200 Å². The fraction of sp³-hybridized carbons (Fsp3) is 0.231. The summed E-state index contributed by atoms with van der Waals surface area (Å²) in [4.78, 5) is 15.8. The van der Waals surface area contributed by atoms with Crippen molar-refractivity contribution in [3.8, 4) is 11.1 Å². The first-order valence-corrected chi connectivity index (χ1v) is 10.7. The third-order valence-electron chi connectivity index (χ3n) is 5.20. The standard InChI is InChI=1S/C26H24F4N2O3/c1-17(20-10-7-18(8-11-20)14-31-15-24(27)25(33)34)32-35-16-19-9-12-22(21-5-3-2-4-6-21)23(13-19)26(28,29)30/h2-13,24,31H,14-16H2,1H3,(H,33,34)/b32-17-. The molecule has 3 aromatic carbocycles. The number of oxime groups is 1. The van der Waals surface area contributed by atoms with E-state index in [4.69, 9.17) is 9.94 Å². The van der Waals surface area contributed by atoms with E-state index < -0.39 is 23.9 Å². The van der Waals surface area contributed by atoms with E-state index >= 15 is 0 Å². The van der Waals surface area contributed by atoms with Gasteiger partial charge < -0.3 is 15.3 Å². The highest BCUT2D eigenvalue weighted by Crippen LogP contribution is 2.37. The van der Waals surface area contributed by atoms with Crippen LogP contribution in [0.5, 0.6) is 0 Å². The Hall–Kier alpha value is -3.72. The normalized spacial score (nSPS) is 12.9. The van der Waals surface area contributed by atoms with E-state index in [9.17, 15) is 22.4 Å². The van der Waals surface area contributed by atoms with Gasteiger partial charge in [0.2, 0.25) is 6.17 Å². The van der Waals surface area contributed by atoms with Crippen LogP contribution in [0.25, 0.3) is 11.1 Å². The molecular weight excluding hydrogens is 464 g/mol. The van der Waals surface area contributed by atoms with E-state index in [-0.39, 0.29) is 18.7 Å². The molecule has 0 bridgehead atoms. The third kappa shape index (κ3) is 7.38. The number of carboxylic acids is 1. The van der Waals surface area contributed by atoms with Gasteiger partial charge in [0.05, 0.1) is 11.3 Å². The smallest absolute Gasteiger partial charge is 0.417 e. The van der Waals surface area contributed by atoms with Crippen LogP contribution in [0, 0.1) is 0 Å². The highest BCUT2D eigenvalue weighted by Gasteiger charge is 2.34. The van der Waals surface area contributed by atoms with Crippen LogP contribution in [-0.4, -0.2) is 29.5 Å². The summed E-state index contributed by atoms with van der Waals surface area (Å²) in [6, 6.07) is 19.5. The molecule has 5 nitrogen and oxygen atoms in total. The van der Waals surface area contributed by atoms with Crippen LogP contribution in [0.3, 0.4) is 0 Å². The lowest BCUT2D eigenvalue weighted by atomic mass is 9.97. The summed E-state index contributed by atoms with van der Waals surface area (Å²) in [5.41, 5.74) is 2.25. The zero-order chi connectivity index (χ0) is 25.4. The van der Waals surface area contributed by atoms with Gasteiger partial charge in [-0.25, -0.2) is 9.18 Å². The second-order valence-electron chi connectivity index (χ2n) is 7.83. The topological polar surface area (TPSA) is 70.9 Å². The van der Waals surface area contributed by atoms with Gasteiger partial charge in [-0.2, -0.15) is 13.2 Å². The molecule has 0 fully saturated rings. The van der Waals surface area contributed by atoms with E-state index in [2.05, 4.69) is 10.5 Å². The second-order valence-corrected chi connectivity index (χ2v) is 7.83. The molecule has 1 atom stereocenters. The molecule has 0 aliphatic rings. The maximum absolute atomic E-state index is 13.7. The number of hydrogen-bond donors (Lipinski definition) is 2. The summed E-state index contributed by atoms with van der Waals surface area (Å²) < 4.78 is 54.0. The Balaban J connectivity index is 1.62. The van der Waals surface area contributed by atoms with Crippen LogP contribution in [0.15, 0.2) is 78.0 Å². The number of benzene rings is 3. The Morgan fingerprint density at radius 1 is 1.03 bits per heavy atom. The van der Waals surface area contributed by atoms with Gasteiger partial charge in [0, 0.05) is 13.1 Å². The van der Waals surface area contributed by atoms with E-state index in [1.807, 2.05) is 0 Å². The van der Waals surface area contributed by atoms with E-state index in [1.54, 1.807) is 67.6 Å². The van der Waals surface area contributed by atoms with Gasteiger partial charge in [-0.3, -0.25) is 0 Å². The van der Waals surface area contributed by atoms with Crippen molar-refractivity contribution in [2.45, 2.75) is 32.4 Å². The third-order valence-corrected chi connectivity index (χ3v) is 5.20. The fourth-order valence-electron chi connectivity index (χ4n) is 3.34. The molecule has 3 rings (SSSR count). The molecule has 184 valence electrons. The number of alkyl halides is 4. The van der Waals surface area contributed by atoms with Crippen molar-refractivity contribution in [3.05, 3.63) is 95.1 Å². The predicted molar refractivity (Wildman–Crippen MR) is 125 cm³/mol. The SMILES string of the molecule is C/C(=N/OCc1ccc(-c2ccccc2)c(C(F)(F)F)c1)c1ccc(CNCC(F)C(=O)O)cc1. The number of hydrogen-bond acceptors (Lipinski definition) is 4.